The van der Waals surface area contributed by atoms with E-state index in [-0.39, 0.29) is 11.4 Å². The van der Waals surface area contributed by atoms with Crippen molar-refractivity contribution >= 4 is 31.6 Å². The first kappa shape index (κ1) is 16.0. The number of hydrogen-bond acceptors (Lipinski definition) is 4. The van der Waals surface area contributed by atoms with Crippen molar-refractivity contribution in [3.63, 3.8) is 0 Å². The maximum absolute atomic E-state index is 12.6. The molecule has 0 unspecified atom stereocenters. The van der Waals surface area contributed by atoms with Gasteiger partial charge in [0.15, 0.2) is 0 Å². The molecule has 0 aliphatic carbocycles. The fourth-order valence-corrected chi connectivity index (χ4v) is 4.00. The predicted octanol–water partition coefficient (Wildman–Crippen LogP) is 2.30. The van der Waals surface area contributed by atoms with Crippen LogP contribution in [0.5, 0.6) is 0 Å². The molecule has 0 amide bonds. The first-order chi connectivity index (χ1) is 9.89. The minimum Gasteiger partial charge on any atom is -0.325 e. The maximum atomic E-state index is 12.6. The standard InChI is InChI=1S/C13H17BrN4O2S/c1-3-9-6-10(14)4-5-11(9)18-21(19,20)13-8(2)16-17-12(13)7-15/h4-6,18H,3,7,15H2,1-2H3,(H,16,17). The van der Waals surface area contributed by atoms with Gasteiger partial charge < -0.3 is 5.73 Å². The molecule has 0 saturated heterocycles. The second-order valence-electron chi connectivity index (χ2n) is 4.59. The predicted molar refractivity (Wildman–Crippen MR) is 85.5 cm³/mol. The van der Waals surface area contributed by atoms with Crippen molar-refractivity contribution in [3.8, 4) is 0 Å². The first-order valence-corrected chi connectivity index (χ1v) is 8.71. The minimum atomic E-state index is -3.73. The van der Waals surface area contributed by atoms with Crippen molar-refractivity contribution in [2.45, 2.75) is 31.7 Å². The van der Waals surface area contributed by atoms with Gasteiger partial charge in [-0.3, -0.25) is 9.82 Å². The molecule has 0 radical (unpaired) electrons. The van der Waals surface area contributed by atoms with E-state index in [2.05, 4.69) is 30.8 Å². The van der Waals surface area contributed by atoms with Crippen molar-refractivity contribution in [1.82, 2.24) is 10.2 Å². The molecule has 0 aliphatic rings. The lowest BCUT2D eigenvalue weighted by Crippen LogP contribution is -2.17. The van der Waals surface area contributed by atoms with Gasteiger partial charge in [0.25, 0.3) is 10.0 Å². The lowest BCUT2D eigenvalue weighted by molar-refractivity contribution is 0.599. The van der Waals surface area contributed by atoms with Gasteiger partial charge in [0.1, 0.15) is 4.90 Å². The molecule has 1 heterocycles. The summed E-state index contributed by atoms with van der Waals surface area (Å²) in [6.45, 7) is 3.68. The molecule has 1 aromatic carbocycles. The molecule has 0 spiro atoms. The molecule has 0 bridgehead atoms. The third kappa shape index (κ3) is 3.28. The van der Waals surface area contributed by atoms with Gasteiger partial charge in [0.05, 0.1) is 17.1 Å². The molecule has 0 aliphatic heterocycles. The van der Waals surface area contributed by atoms with Gasteiger partial charge in [-0.15, -0.1) is 0 Å². The van der Waals surface area contributed by atoms with E-state index in [4.69, 9.17) is 5.73 Å². The number of aromatic amines is 1. The molecule has 1 aromatic heterocycles. The first-order valence-electron chi connectivity index (χ1n) is 6.44. The molecule has 2 rings (SSSR count). The van der Waals surface area contributed by atoms with Crippen LogP contribution in [-0.2, 0) is 23.0 Å². The highest BCUT2D eigenvalue weighted by Gasteiger charge is 2.24. The Hall–Kier alpha value is -1.38. The van der Waals surface area contributed by atoms with Crippen LogP contribution in [0.3, 0.4) is 0 Å². The summed E-state index contributed by atoms with van der Waals surface area (Å²) in [5.41, 5.74) is 7.81. The highest BCUT2D eigenvalue weighted by molar-refractivity contribution is 9.10. The van der Waals surface area contributed by atoms with Crippen molar-refractivity contribution in [3.05, 3.63) is 39.6 Å². The Morgan fingerprint density at radius 3 is 2.76 bits per heavy atom. The van der Waals surface area contributed by atoms with Gasteiger partial charge >= 0.3 is 0 Å². The molecular formula is C13H17BrN4O2S. The zero-order valence-corrected chi connectivity index (χ0v) is 14.2. The van der Waals surface area contributed by atoms with Crippen LogP contribution in [0.15, 0.2) is 27.6 Å². The molecular weight excluding hydrogens is 356 g/mol. The summed E-state index contributed by atoms with van der Waals surface area (Å²) >= 11 is 3.38. The van der Waals surface area contributed by atoms with E-state index in [0.717, 1.165) is 10.0 Å². The van der Waals surface area contributed by atoms with Gasteiger partial charge in [-0.2, -0.15) is 5.10 Å². The number of halogens is 1. The summed E-state index contributed by atoms with van der Waals surface area (Å²) in [4.78, 5) is 0.120. The number of aryl methyl sites for hydroxylation is 2. The van der Waals surface area contributed by atoms with Crippen molar-refractivity contribution in [2.75, 3.05) is 4.72 Å². The number of anilines is 1. The number of nitrogens with one attached hydrogen (secondary N) is 2. The highest BCUT2D eigenvalue weighted by Crippen LogP contribution is 2.26. The van der Waals surface area contributed by atoms with Crippen LogP contribution < -0.4 is 10.5 Å². The monoisotopic (exact) mass is 372 g/mol. The summed E-state index contributed by atoms with van der Waals surface area (Å²) in [6.07, 6.45) is 0.714. The molecule has 21 heavy (non-hydrogen) atoms. The number of rotatable bonds is 5. The Bertz CT molecular complexity index is 756. The van der Waals surface area contributed by atoms with E-state index in [0.29, 0.717) is 23.5 Å². The van der Waals surface area contributed by atoms with Crippen molar-refractivity contribution in [2.24, 2.45) is 5.73 Å². The lowest BCUT2D eigenvalue weighted by Gasteiger charge is -2.12. The van der Waals surface area contributed by atoms with Crippen LogP contribution in [-0.4, -0.2) is 18.6 Å². The largest absolute Gasteiger partial charge is 0.325 e. The Morgan fingerprint density at radius 2 is 2.14 bits per heavy atom. The molecule has 114 valence electrons. The summed E-state index contributed by atoms with van der Waals surface area (Å²) in [5, 5.41) is 6.58. The number of H-pyrrole nitrogens is 1. The molecule has 0 fully saturated rings. The molecule has 6 nitrogen and oxygen atoms in total. The zero-order chi connectivity index (χ0) is 15.6. The Morgan fingerprint density at radius 1 is 1.43 bits per heavy atom. The number of benzene rings is 1. The Kier molecular flexibility index (Phi) is 4.70. The number of hydrogen-bond donors (Lipinski definition) is 3. The molecule has 0 saturated carbocycles. The van der Waals surface area contributed by atoms with Crippen LogP contribution in [0.1, 0.15) is 23.9 Å². The van der Waals surface area contributed by atoms with E-state index >= 15 is 0 Å². The summed E-state index contributed by atoms with van der Waals surface area (Å²) in [5.74, 6) is 0. The highest BCUT2D eigenvalue weighted by atomic mass is 79.9. The van der Waals surface area contributed by atoms with Crippen molar-refractivity contribution < 1.29 is 8.42 Å². The third-order valence-corrected chi connectivity index (χ3v) is 5.18. The number of sulfonamides is 1. The van der Waals surface area contributed by atoms with Crippen LogP contribution >= 0.6 is 15.9 Å². The smallest absolute Gasteiger partial charge is 0.265 e. The fourth-order valence-electron chi connectivity index (χ4n) is 2.11. The van der Waals surface area contributed by atoms with E-state index in [1.165, 1.54) is 0 Å². The van der Waals surface area contributed by atoms with E-state index in [9.17, 15) is 8.42 Å². The van der Waals surface area contributed by atoms with Crippen molar-refractivity contribution in [1.29, 1.82) is 0 Å². The summed E-state index contributed by atoms with van der Waals surface area (Å²) in [6, 6.07) is 5.42. The SMILES string of the molecule is CCc1cc(Br)ccc1NS(=O)(=O)c1c(CN)n[nH]c1C. The molecule has 0 atom stereocenters. The van der Waals surface area contributed by atoms with Gasteiger partial charge in [-0.05, 0) is 37.1 Å². The average molecular weight is 373 g/mol. The van der Waals surface area contributed by atoms with Crippen LogP contribution in [0, 0.1) is 6.92 Å². The number of aromatic nitrogens is 2. The van der Waals surface area contributed by atoms with Gasteiger partial charge in [-0.1, -0.05) is 22.9 Å². The van der Waals surface area contributed by atoms with Crippen LogP contribution in [0.2, 0.25) is 0 Å². The molecule has 2 aromatic rings. The normalized spacial score (nSPS) is 11.6. The number of nitrogens with two attached hydrogens (primary N) is 1. The second kappa shape index (κ2) is 6.17. The summed E-state index contributed by atoms with van der Waals surface area (Å²) in [7, 11) is -3.73. The summed E-state index contributed by atoms with van der Waals surface area (Å²) < 4.78 is 28.7. The van der Waals surface area contributed by atoms with E-state index in [1.54, 1.807) is 19.1 Å². The van der Waals surface area contributed by atoms with E-state index < -0.39 is 10.0 Å². The maximum Gasteiger partial charge on any atom is 0.265 e. The second-order valence-corrected chi connectivity index (χ2v) is 7.12. The quantitative estimate of drug-likeness (QED) is 0.749. The van der Waals surface area contributed by atoms with Gasteiger partial charge in [-0.25, -0.2) is 8.42 Å². The van der Waals surface area contributed by atoms with Crippen LogP contribution in [0.25, 0.3) is 0 Å². The molecule has 4 N–H and O–H groups in total. The zero-order valence-electron chi connectivity index (χ0n) is 11.8. The topological polar surface area (TPSA) is 101 Å². The Balaban J connectivity index is 2.45. The van der Waals surface area contributed by atoms with E-state index in [1.807, 2.05) is 13.0 Å². The lowest BCUT2D eigenvalue weighted by atomic mass is 10.1. The van der Waals surface area contributed by atoms with Gasteiger partial charge in [0.2, 0.25) is 0 Å². The minimum absolute atomic E-state index is 0.0571. The van der Waals surface area contributed by atoms with Gasteiger partial charge in [0, 0.05) is 11.0 Å². The molecule has 8 heteroatoms. The Labute approximate surface area is 132 Å². The van der Waals surface area contributed by atoms with Crippen LogP contribution in [0.4, 0.5) is 5.69 Å². The third-order valence-electron chi connectivity index (χ3n) is 3.12. The average Bonchev–Trinajstić information content (AvgIpc) is 2.82. The fraction of sp³-hybridized carbons (Fsp3) is 0.308. The number of nitrogens with zero attached hydrogens (tertiary/aromatic N) is 1.